The number of carbonyl (C=O) groups excluding carboxylic acids is 1. The summed E-state index contributed by atoms with van der Waals surface area (Å²) in [5, 5.41) is 0. The van der Waals surface area contributed by atoms with E-state index in [0.29, 0.717) is 6.42 Å². The molecule has 0 aliphatic rings. The highest BCUT2D eigenvalue weighted by molar-refractivity contribution is 8.41. The monoisotopic (exact) mass is 484 g/mol. The van der Waals surface area contributed by atoms with Crippen molar-refractivity contribution in [3.63, 3.8) is 0 Å². The second-order valence-corrected chi connectivity index (χ2v) is 13.7. The summed E-state index contributed by atoms with van der Waals surface area (Å²) in [5.41, 5.74) is 0. The third-order valence-electron chi connectivity index (χ3n) is 5.46. The van der Waals surface area contributed by atoms with Crippen LogP contribution in [0.15, 0.2) is 0 Å². The van der Waals surface area contributed by atoms with Crippen LogP contribution in [-0.2, 0) is 29.2 Å². The number of hydrogen-bond acceptors (Lipinski definition) is 7. The van der Waals surface area contributed by atoms with Crippen LogP contribution in [0.25, 0.3) is 0 Å². The first-order chi connectivity index (χ1) is 14.0. The summed E-state index contributed by atoms with van der Waals surface area (Å²) in [6, 6.07) is 0. The summed E-state index contributed by atoms with van der Waals surface area (Å²) < 4.78 is 53.4. The quantitative estimate of drug-likeness (QED) is 0.170. The molecule has 0 bridgehead atoms. The van der Waals surface area contributed by atoms with E-state index in [9.17, 15) is 21.6 Å². The fraction of sp³-hybridized carbons (Fsp3) is 0.905. The number of rotatable bonds is 16. The molecule has 30 heavy (non-hydrogen) atoms. The molecule has 0 aliphatic carbocycles. The average molecular weight is 485 g/mol. The Hall–Kier alpha value is -0.540. The maximum atomic E-state index is 12.9. The van der Waals surface area contributed by atoms with Crippen LogP contribution in [0, 0.1) is 0 Å². The molecule has 0 aromatic heterocycles. The zero-order valence-electron chi connectivity index (χ0n) is 19.1. The highest BCUT2D eigenvalue weighted by atomic mass is 32.3. The molecular weight excluding hydrogens is 444 g/mol. The molecule has 0 saturated heterocycles. The lowest BCUT2D eigenvalue weighted by Gasteiger charge is -2.27. The number of unbranched alkanes of at least 4 members (excludes halogenated alkanes) is 9. The maximum absolute atomic E-state index is 12.9. The van der Waals surface area contributed by atoms with Gasteiger partial charge >= 0.3 is 5.97 Å². The van der Waals surface area contributed by atoms with Gasteiger partial charge in [0.25, 0.3) is 0 Å². The van der Waals surface area contributed by atoms with Crippen molar-refractivity contribution in [2.24, 2.45) is 0 Å². The molecule has 1 atom stereocenters. The van der Waals surface area contributed by atoms with Crippen molar-refractivity contribution in [1.82, 2.24) is 0 Å². The summed E-state index contributed by atoms with van der Waals surface area (Å²) in [5.74, 6) is -0.806. The predicted molar refractivity (Wildman–Crippen MR) is 127 cm³/mol. The van der Waals surface area contributed by atoms with Crippen molar-refractivity contribution in [3.05, 3.63) is 0 Å². The normalized spacial score (nSPS) is 14.3. The van der Waals surface area contributed by atoms with Crippen LogP contribution in [0.3, 0.4) is 0 Å². The second-order valence-electron chi connectivity index (χ2n) is 8.07. The zero-order chi connectivity index (χ0) is 23.3. The second kappa shape index (κ2) is 14.5. The lowest BCUT2D eigenvalue weighted by molar-refractivity contribution is -0.144. The third kappa shape index (κ3) is 9.73. The van der Waals surface area contributed by atoms with E-state index >= 15 is 0 Å². The number of ether oxygens (including phenoxy) is 1. The van der Waals surface area contributed by atoms with E-state index in [1.165, 1.54) is 39.0 Å². The molecule has 0 N–H and O–H groups in total. The minimum atomic E-state index is -4.31. The van der Waals surface area contributed by atoms with Crippen molar-refractivity contribution in [3.8, 4) is 0 Å². The van der Waals surface area contributed by atoms with Crippen LogP contribution in [0.1, 0.15) is 105 Å². The summed E-state index contributed by atoms with van der Waals surface area (Å²) in [7, 11) is -8.37. The van der Waals surface area contributed by atoms with E-state index in [-0.39, 0.29) is 18.6 Å². The number of hydrogen-bond donors (Lipinski definition) is 0. The maximum Gasteiger partial charge on any atom is 0.305 e. The summed E-state index contributed by atoms with van der Waals surface area (Å²) in [6.45, 7) is 6.35. The van der Waals surface area contributed by atoms with Gasteiger partial charge in [0, 0.05) is 6.42 Å². The molecule has 178 valence electrons. The molecule has 0 aromatic rings. The van der Waals surface area contributed by atoms with Crippen molar-refractivity contribution in [1.29, 1.82) is 0 Å². The van der Waals surface area contributed by atoms with Gasteiger partial charge in [0.05, 0.1) is 5.75 Å². The predicted octanol–water partition coefficient (Wildman–Crippen LogP) is 5.14. The first-order valence-corrected chi connectivity index (χ1v) is 14.7. The molecule has 0 fully saturated rings. The Morgan fingerprint density at radius 1 is 0.833 bits per heavy atom. The average Bonchev–Trinajstić information content (AvgIpc) is 2.72. The molecule has 0 amide bonds. The van der Waals surface area contributed by atoms with Crippen LogP contribution < -0.4 is 0 Å². The number of sulfone groups is 2. The Kier molecular flexibility index (Phi) is 14.2. The van der Waals surface area contributed by atoms with E-state index in [2.05, 4.69) is 6.92 Å². The standard InChI is InChI=1S/C21H40O6S3/c1-5-8-9-10-11-12-13-14-15-16-17-29(23,24)20(28)30(25,26)21(4,7-3)18-27-19(22)6-2/h5-18H2,1-4H3. The molecule has 0 spiro atoms. The number of carbonyl (C=O) groups is 1. The van der Waals surface area contributed by atoms with Gasteiger partial charge in [-0.15, -0.1) is 0 Å². The Bertz CT molecular complexity index is 728. The van der Waals surface area contributed by atoms with Crippen LogP contribution >= 0.6 is 12.2 Å². The molecule has 0 aliphatic heterocycles. The molecule has 0 saturated carbocycles. The van der Waals surface area contributed by atoms with Crippen LogP contribution in [0.4, 0.5) is 0 Å². The Morgan fingerprint density at radius 2 is 1.30 bits per heavy atom. The van der Waals surface area contributed by atoms with Crippen LogP contribution in [0.2, 0.25) is 0 Å². The minimum absolute atomic E-state index is 0.0836. The van der Waals surface area contributed by atoms with Gasteiger partial charge in [-0.25, -0.2) is 16.8 Å². The van der Waals surface area contributed by atoms with Crippen molar-refractivity contribution in [2.45, 2.75) is 109 Å². The first kappa shape index (κ1) is 29.5. The molecule has 0 aromatic carbocycles. The largest absolute Gasteiger partial charge is 0.464 e. The molecule has 9 heteroatoms. The number of thiocarbonyl (C=S) groups is 1. The summed E-state index contributed by atoms with van der Waals surface area (Å²) in [6.07, 6.45) is 10.7. The summed E-state index contributed by atoms with van der Waals surface area (Å²) >= 11 is 4.90. The summed E-state index contributed by atoms with van der Waals surface area (Å²) in [4.78, 5) is 11.4. The SMILES string of the molecule is CCCCCCCCCCCCS(=O)(=O)C(=S)S(=O)(=O)C(C)(CC)COC(=O)CC. The molecule has 0 rings (SSSR count). The van der Waals surface area contributed by atoms with E-state index in [1.807, 2.05) is 0 Å². The third-order valence-corrected chi connectivity index (χ3v) is 11.8. The van der Waals surface area contributed by atoms with Crippen molar-refractivity contribution in [2.75, 3.05) is 12.4 Å². The molecule has 0 heterocycles. The van der Waals surface area contributed by atoms with Crippen LogP contribution in [-0.4, -0.2) is 43.4 Å². The van der Waals surface area contributed by atoms with Gasteiger partial charge in [-0.3, -0.25) is 4.79 Å². The number of esters is 1. The fourth-order valence-corrected chi connectivity index (χ4v) is 7.73. The molecule has 0 radical (unpaired) electrons. The Balaban J connectivity index is 4.62. The highest BCUT2D eigenvalue weighted by Gasteiger charge is 2.46. The van der Waals surface area contributed by atoms with E-state index in [4.69, 9.17) is 17.0 Å². The van der Waals surface area contributed by atoms with E-state index < -0.39 is 40.5 Å². The van der Waals surface area contributed by atoms with Gasteiger partial charge in [-0.05, 0) is 19.8 Å². The molecule has 1 unspecified atom stereocenters. The van der Waals surface area contributed by atoms with Gasteiger partial charge in [-0.1, -0.05) is 90.8 Å². The molecule has 6 nitrogen and oxygen atoms in total. The zero-order valence-corrected chi connectivity index (χ0v) is 21.5. The lowest BCUT2D eigenvalue weighted by Crippen LogP contribution is -2.46. The Labute approximate surface area is 189 Å². The van der Waals surface area contributed by atoms with E-state index in [0.717, 1.165) is 25.7 Å². The minimum Gasteiger partial charge on any atom is -0.464 e. The highest BCUT2D eigenvalue weighted by Crippen LogP contribution is 2.27. The molecular formula is C21H40O6S3. The topological polar surface area (TPSA) is 94.6 Å². The smallest absolute Gasteiger partial charge is 0.305 e. The van der Waals surface area contributed by atoms with Gasteiger partial charge in [0.1, 0.15) is 11.4 Å². The van der Waals surface area contributed by atoms with Crippen molar-refractivity contribution >= 4 is 41.4 Å². The first-order valence-electron chi connectivity index (χ1n) is 11.2. The van der Waals surface area contributed by atoms with Gasteiger partial charge in [-0.2, -0.15) is 0 Å². The van der Waals surface area contributed by atoms with Gasteiger partial charge < -0.3 is 4.74 Å². The van der Waals surface area contributed by atoms with Gasteiger partial charge in [0.15, 0.2) is 9.84 Å². The fourth-order valence-electron chi connectivity index (χ4n) is 2.94. The van der Waals surface area contributed by atoms with Crippen molar-refractivity contribution < 1.29 is 26.4 Å². The Morgan fingerprint density at radius 3 is 1.73 bits per heavy atom. The lowest BCUT2D eigenvalue weighted by atomic mass is 10.1. The van der Waals surface area contributed by atoms with Crippen LogP contribution in [0.5, 0.6) is 0 Å². The van der Waals surface area contributed by atoms with Gasteiger partial charge in [0.2, 0.25) is 13.4 Å². The van der Waals surface area contributed by atoms with E-state index in [1.54, 1.807) is 13.8 Å².